The summed E-state index contributed by atoms with van der Waals surface area (Å²) in [6, 6.07) is 12.1. The highest BCUT2D eigenvalue weighted by atomic mass is 127. The van der Waals surface area contributed by atoms with Gasteiger partial charge in [0.15, 0.2) is 8.72 Å². The first-order valence-electron chi connectivity index (χ1n) is 4.69. The second kappa shape index (κ2) is 5.50. The van der Waals surface area contributed by atoms with Crippen molar-refractivity contribution in [1.82, 2.24) is 4.98 Å². The molecule has 0 fully saturated rings. The summed E-state index contributed by atoms with van der Waals surface area (Å²) < 4.78 is 7.56. The van der Waals surface area contributed by atoms with Gasteiger partial charge in [-0.25, -0.2) is 4.98 Å². The van der Waals surface area contributed by atoms with E-state index < -0.39 is 0 Å². The van der Waals surface area contributed by atoms with E-state index >= 15 is 0 Å². The molecule has 16 heavy (non-hydrogen) atoms. The van der Waals surface area contributed by atoms with Crippen molar-refractivity contribution in [3.05, 3.63) is 54.9 Å². The zero-order valence-corrected chi connectivity index (χ0v) is 11.6. The van der Waals surface area contributed by atoms with Crippen molar-refractivity contribution in [3.8, 4) is 5.75 Å². The highest BCUT2D eigenvalue weighted by molar-refractivity contribution is 6.29. The lowest BCUT2D eigenvalue weighted by Crippen LogP contribution is -3.61. The van der Waals surface area contributed by atoms with Crippen LogP contribution in [0.15, 0.2) is 42.6 Å². The lowest BCUT2D eigenvalue weighted by molar-refractivity contribution is -0.597. The topological polar surface area (TPSA) is 22.1 Å². The van der Waals surface area contributed by atoms with Crippen molar-refractivity contribution >= 4 is 11.6 Å². The summed E-state index contributed by atoms with van der Waals surface area (Å²) in [4.78, 5) is 4.08. The van der Waals surface area contributed by atoms with E-state index in [9.17, 15) is 0 Å². The second-order valence-electron chi connectivity index (χ2n) is 3.03. The molecule has 1 heterocycles. The van der Waals surface area contributed by atoms with E-state index in [1.165, 1.54) is 3.57 Å². The van der Waals surface area contributed by atoms with Gasteiger partial charge in [-0.05, 0) is 36.4 Å². The van der Waals surface area contributed by atoms with Crippen molar-refractivity contribution in [2.75, 3.05) is 7.11 Å². The molecule has 0 saturated carbocycles. The van der Waals surface area contributed by atoms with Crippen molar-refractivity contribution in [2.45, 2.75) is 0 Å². The average molecular weight is 347 g/mol. The molecule has 0 N–H and O–H groups in total. The molecule has 1 aromatic carbocycles. The molecule has 0 aliphatic heterocycles. The van der Waals surface area contributed by atoms with E-state index in [1.807, 2.05) is 24.3 Å². The molecule has 2 nitrogen and oxygen atoms in total. The number of nitrogens with zero attached hydrogens (tertiary/aromatic N) is 1. The van der Waals surface area contributed by atoms with E-state index in [0.29, 0.717) is 5.15 Å². The van der Waals surface area contributed by atoms with Gasteiger partial charge < -0.3 is 4.74 Å². The van der Waals surface area contributed by atoms with E-state index in [0.717, 1.165) is 9.32 Å². The maximum atomic E-state index is 6.02. The summed E-state index contributed by atoms with van der Waals surface area (Å²) in [5.74, 6) is 0.880. The summed E-state index contributed by atoms with van der Waals surface area (Å²) in [7, 11) is 1.67. The second-order valence-corrected chi connectivity index (χ2v) is 6.33. The molecule has 0 aliphatic carbocycles. The van der Waals surface area contributed by atoms with Crippen molar-refractivity contribution in [3.63, 3.8) is 0 Å². The minimum atomic E-state index is -0.261. The van der Waals surface area contributed by atoms with Crippen molar-refractivity contribution in [2.24, 2.45) is 0 Å². The van der Waals surface area contributed by atoms with E-state index in [-0.39, 0.29) is 21.2 Å². The number of hydrogen-bond acceptors (Lipinski definition) is 2. The average Bonchev–Trinajstić information content (AvgIpc) is 2.33. The molecular weight excluding hydrogens is 336 g/mol. The third-order valence-electron chi connectivity index (χ3n) is 1.97. The van der Waals surface area contributed by atoms with Crippen LogP contribution in [0.1, 0.15) is 0 Å². The Hall–Kier alpha value is -0.810. The van der Waals surface area contributed by atoms with Crippen LogP contribution in [0, 0.1) is 7.14 Å². The summed E-state index contributed by atoms with van der Waals surface area (Å²) in [5.41, 5.74) is 0. The molecule has 0 atom stereocenters. The highest BCUT2D eigenvalue weighted by Crippen LogP contribution is 2.06. The van der Waals surface area contributed by atoms with Gasteiger partial charge in [-0.15, -0.1) is 0 Å². The number of hydrogen-bond donors (Lipinski definition) is 0. The molecule has 0 spiro atoms. The van der Waals surface area contributed by atoms with Crippen LogP contribution in [0.2, 0.25) is 5.15 Å². The van der Waals surface area contributed by atoms with Crippen LogP contribution in [-0.4, -0.2) is 12.1 Å². The zero-order valence-electron chi connectivity index (χ0n) is 8.65. The van der Waals surface area contributed by atoms with Crippen LogP contribution >= 0.6 is 11.6 Å². The van der Waals surface area contributed by atoms with Gasteiger partial charge >= 0.3 is 21.2 Å². The van der Waals surface area contributed by atoms with Gasteiger partial charge in [-0.3, -0.25) is 0 Å². The lowest BCUT2D eigenvalue weighted by Gasteiger charge is -1.95. The standard InChI is InChI=1S/C12H10ClINO/c1-16-10-6-4-9(5-7-10)14-11-3-2-8-15-12(11)13/h2-8H,1H3/q+1. The Morgan fingerprint density at radius 2 is 1.94 bits per heavy atom. The predicted octanol–water partition coefficient (Wildman–Crippen LogP) is -0.128. The molecule has 0 bridgehead atoms. The number of aromatic nitrogens is 1. The van der Waals surface area contributed by atoms with E-state index in [4.69, 9.17) is 16.3 Å². The van der Waals surface area contributed by atoms with Gasteiger partial charge in [0.2, 0.25) is 3.57 Å². The van der Waals surface area contributed by atoms with E-state index in [1.54, 1.807) is 13.3 Å². The number of benzene rings is 1. The Labute approximate surface area is 110 Å². The third kappa shape index (κ3) is 2.86. The number of rotatable bonds is 3. The molecular formula is C12H10ClINO+. The minimum Gasteiger partial charge on any atom is -0.497 e. The Bertz CT molecular complexity index is 473. The van der Waals surface area contributed by atoms with Gasteiger partial charge in [0.05, 0.1) is 7.11 Å². The van der Waals surface area contributed by atoms with Crippen LogP contribution in [0.25, 0.3) is 0 Å². The van der Waals surface area contributed by atoms with Gasteiger partial charge in [0.25, 0.3) is 0 Å². The molecule has 0 aliphatic rings. The summed E-state index contributed by atoms with van der Waals surface area (Å²) in [5, 5.41) is 0.617. The molecule has 4 heteroatoms. The number of methoxy groups -OCH3 is 1. The Kier molecular flexibility index (Phi) is 4.01. The summed E-state index contributed by atoms with van der Waals surface area (Å²) in [6.07, 6.45) is 1.71. The predicted molar refractivity (Wildman–Crippen MR) is 59.6 cm³/mol. The van der Waals surface area contributed by atoms with Crippen LogP contribution in [0.5, 0.6) is 5.75 Å². The fraction of sp³-hybridized carbons (Fsp3) is 0.0833. The van der Waals surface area contributed by atoms with Gasteiger partial charge in [-0.1, -0.05) is 11.6 Å². The number of ether oxygens (including phenoxy) is 1. The van der Waals surface area contributed by atoms with Crippen molar-refractivity contribution in [1.29, 1.82) is 0 Å². The maximum Gasteiger partial charge on any atom is 0.361 e. The number of halogens is 2. The first-order chi connectivity index (χ1) is 7.79. The Morgan fingerprint density at radius 1 is 1.19 bits per heavy atom. The normalized spacial score (nSPS) is 10.1. The summed E-state index contributed by atoms with van der Waals surface area (Å²) in [6.45, 7) is 0. The third-order valence-corrected chi connectivity index (χ3v) is 5.39. The zero-order chi connectivity index (χ0) is 11.4. The van der Waals surface area contributed by atoms with Gasteiger partial charge in [-0.2, -0.15) is 0 Å². The van der Waals surface area contributed by atoms with Crippen LogP contribution in [0.3, 0.4) is 0 Å². The quantitative estimate of drug-likeness (QED) is 0.571. The fourth-order valence-corrected chi connectivity index (χ4v) is 3.69. The van der Waals surface area contributed by atoms with Gasteiger partial charge in [0.1, 0.15) is 5.75 Å². The molecule has 0 amide bonds. The van der Waals surface area contributed by atoms with E-state index in [2.05, 4.69) is 17.1 Å². The Balaban J connectivity index is 2.18. The molecule has 0 radical (unpaired) electrons. The van der Waals surface area contributed by atoms with Crippen LogP contribution < -0.4 is 25.9 Å². The Morgan fingerprint density at radius 3 is 2.56 bits per heavy atom. The summed E-state index contributed by atoms with van der Waals surface area (Å²) >= 11 is 5.76. The fourth-order valence-electron chi connectivity index (χ4n) is 1.19. The van der Waals surface area contributed by atoms with Crippen LogP contribution in [0.4, 0.5) is 0 Å². The SMILES string of the molecule is COc1ccc([I+]c2cccnc2Cl)cc1. The van der Waals surface area contributed by atoms with Gasteiger partial charge in [0, 0.05) is 6.20 Å². The number of pyridine rings is 1. The largest absolute Gasteiger partial charge is 0.497 e. The van der Waals surface area contributed by atoms with Crippen molar-refractivity contribution < 1.29 is 25.9 Å². The molecule has 2 rings (SSSR count). The molecule has 1 aromatic heterocycles. The van der Waals surface area contributed by atoms with Crippen LogP contribution in [-0.2, 0) is 0 Å². The monoisotopic (exact) mass is 346 g/mol. The smallest absolute Gasteiger partial charge is 0.361 e. The first-order valence-corrected chi connectivity index (χ1v) is 7.22. The first kappa shape index (κ1) is 11.7. The highest BCUT2D eigenvalue weighted by Gasteiger charge is 2.19. The minimum absolute atomic E-state index is 0.261. The molecule has 2 aromatic rings. The lowest BCUT2D eigenvalue weighted by atomic mass is 10.3. The molecule has 0 unspecified atom stereocenters. The maximum absolute atomic E-state index is 6.02. The molecule has 0 saturated heterocycles. The molecule has 82 valence electrons.